The summed E-state index contributed by atoms with van der Waals surface area (Å²) in [6.45, 7) is 6.89. The number of Topliss-reactive ketones (excluding diaryl/α,β-unsaturated/α-hetero) is 1. The molecule has 0 fully saturated rings. The van der Waals surface area contributed by atoms with Crippen molar-refractivity contribution in [2.24, 2.45) is 0 Å². The van der Waals surface area contributed by atoms with Crippen LogP contribution >= 0.6 is 0 Å². The molecule has 0 aliphatic heterocycles. The molecule has 5 heteroatoms. The Morgan fingerprint density at radius 2 is 1.75 bits per heavy atom. The highest BCUT2D eigenvalue weighted by Gasteiger charge is 2.15. The lowest BCUT2D eigenvalue weighted by molar-refractivity contribution is 0.0784. The molecule has 1 amide bonds. The summed E-state index contributed by atoms with van der Waals surface area (Å²) in [4.78, 5) is 26.1. The molecule has 0 atom stereocenters. The van der Waals surface area contributed by atoms with Crippen molar-refractivity contribution >= 4 is 11.7 Å². The zero-order chi connectivity index (χ0) is 20.3. The molecule has 3 aromatic rings. The van der Waals surface area contributed by atoms with Crippen LogP contribution in [0.2, 0.25) is 0 Å². The molecule has 0 unspecified atom stereocenters. The van der Waals surface area contributed by atoms with E-state index in [0.717, 1.165) is 28.9 Å². The second kappa shape index (κ2) is 8.21. The van der Waals surface area contributed by atoms with E-state index < -0.39 is 0 Å². The zero-order valence-electron chi connectivity index (χ0n) is 16.8. The maximum Gasteiger partial charge on any atom is 0.253 e. The number of rotatable bonds is 6. The molecule has 0 aliphatic carbocycles. The molecule has 1 heterocycles. The normalized spacial score (nSPS) is 10.7. The highest BCUT2D eigenvalue weighted by atomic mass is 16.2. The van der Waals surface area contributed by atoms with Crippen molar-refractivity contribution in [3.05, 3.63) is 77.1 Å². The summed E-state index contributed by atoms with van der Waals surface area (Å²) in [6, 6.07) is 15.0. The Hall–Kier alpha value is -3.21. The van der Waals surface area contributed by atoms with Crippen LogP contribution < -0.4 is 0 Å². The highest BCUT2D eigenvalue weighted by Crippen LogP contribution is 2.22. The second-order valence-electron chi connectivity index (χ2n) is 6.97. The predicted octanol–water partition coefficient (Wildman–Crippen LogP) is 4.35. The monoisotopic (exact) mass is 375 g/mol. The van der Waals surface area contributed by atoms with E-state index in [-0.39, 0.29) is 11.7 Å². The lowest BCUT2D eigenvalue weighted by Crippen LogP contribution is -2.26. The van der Waals surface area contributed by atoms with Crippen LogP contribution in [0.1, 0.15) is 45.8 Å². The summed E-state index contributed by atoms with van der Waals surface area (Å²) in [5, 5.41) is 4.43. The summed E-state index contributed by atoms with van der Waals surface area (Å²) in [5.41, 5.74) is 5.25. The number of carbonyl (C=O) groups excluding carboxylic acids is 2. The predicted molar refractivity (Wildman–Crippen MR) is 110 cm³/mol. The third kappa shape index (κ3) is 4.19. The van der Waals surface area contributed by atoms with Gasteiger partial charge in [-0.2, -0.15) is 5.10 Å². The van der Waals surface area contributed by atoms with Crippen LogP contribution in [0.4, 0.5) is 0 Å². The van der Waals surface area contributed by atoms with Gasteiger partial charge in [-0.3, -0.25) is 14.3 Å². The first kappa shape index (κ1) is 19.5. The van der Waals surface area contributed by atoms with E-state index in [2.05, 4.69) is 5.10 Å². The molecule has 5 nitrogen and oxygen atoms in total. The first-order valence-corrected chi connectivity index (χ1v) is 9.39. The van der Waals surface area contributed by atoms with Gasteiger partial charge in [0.1, 0.15) is 0 Å². The third-order valence-corrected chi connectivity index (χ3v) is 4.86. The first-order valence-electron chi connectivity index (χ1n) is 9.39. The summed E-state index contributed by atoms with van der Waals surface area (Å²) >= 11 is 0. The number of aryl methyl sites for hydroxylation is 2. The van der Waals surface area contributed by atoms with Crippen molar-refractivity contribution in [3.8, 4) is 11.1 Å². The van der Waals surface area contributed by atoms with E-state index in [4.69, 9.17) is 0 Å². The van der Waals surface area contributed by atoms with Gasteiger partial charge in [0, 0.05) is 43.0 Å². The van der Waals surface area contributed by atoms with Gasteiger partial charge in [0.05, 0.1) is 5.69 Å². The van der Waals surface area contributed by atoms with Gasteiger partial charge >= 0.3 is 0 Å². The van der Waals surface area contributed by atoms with Crippen molar-refractivity contribution in [1.29, 1.82) is 0 Å². The largest absolute Gasteiger partial charge is 0.337 e. The summed E-state index contributed by atoms with van der Waals surface area (Å²) < 4.78 is 1.88. The summed E-state index contributed by atoms with van der Waals surface area (Å²) in [6.07, 6.45) is 1.99. The molecular formula is C23H25N3O2. The van der Waals surface area contributed by atoms with Gasteiger partial charge in [0.15, 0.2) is 5.78 Å². The number of hydrogen-bond donors (Lipinski definition) is 0. The van der Waals surface area contributed by atoms with Crippen LogP contribution in [0, 0.1) is 6.92 Å². The topological polar surface area (TPSA) is 55.2 Å². The summed E-state index contributed by atoms with van der Waals surface area (Å²) in [7, 11) is 1.80. The highest BCUT2D eigenvalue weighted by molar-refractivity contribution is 5.96. The quantitative estimate of drug-likeness (QED) is 0.602. The van der Waals surface area contributed by atoms with E-state index in [9.17, 15) is 9.59 Å². The van der Waals surface area contributed by atoms with Gasteiger partial charge in [-0.25, -0.2) is 0 Å². The first-order chi connectivity index (χ1) is 13.4. The minimum atomic E-state index is -0.0346. The maximum absolute atomic E-state index is 12.8. The molecular weight excluding hydrogens is 350 g/mol. The molecule has 0 aliphatic rings. The Morgan fingerprint density at radius 3 is 2.36 bits per heavy atom. The van der Waals surface area contributed by atoms with Crippen LogP contribution in [0.3, 0.4) is 0 Å². The Labute approximate surface area is 165 Å². The van der Waals surface area contributed by atoms with Crippen molar-refractivity contribution in [1.82, 2.24) is 14.7 Å². The molecule has 28 heavy (non-hydrogen) atoms. The fourth-order valence-corrected chi connectivity index (χ4v) is 3.15. The van der Waals surface area contributed by atoms with E-state index in [1.54, 1.807) is 24.9 Å². The standard InChI is InChI=1S/C23H25N3O2/c1-5-26-15-22(16(2)24-26)14-25(4)23(28)19-11-9-18(10-12-19)21-8-6-7-20(13-21)17(3)27/h6-13,15H,5,14H2,1-4H3. The Balaban J connectivity index is 1.75. The molecule has 0 spiro atoms. The number of aromatic nitrogens is 2. The van der Waals surface area contributed by atoms with Crippen molar-refractivity contribution in [2.45, 2.75) is 33.9 Å². The van der Waals surface area contributed by atoms with E-state index >= 15 is 0 Å². The lowest BCUT2D eigenvalue weighted by atomic mass is 10.0. The van der Waals surface area contributed by atoms with Crippen LogP contribution in [0.25, 0.3) is 11.1 Å². The molecule has 2 aromatic carbocycles. The van der Waals surface area contributed by atoms with Gasteiger partial charge in [-0.05, 0) is 50.1 Å². The lowest BCUT2D eigenvalue weighted by Gasteiger charge is -2.17. The molecule has 3 rings (SSSR count). The van der Waals surface area contributed by atoms with Crippen LogP contribution in [-0.4, -0.2) is 33.4 Å². The van der Waals surface area contributed by atoms with Gasteiger partial charge in [0.2, 0.25) is 0 Å². The average Bonchev–Trinajstić information content (AvgIpc) is 3.07. The van der Waals surface area contributed by atoms with Gasteiger partial charge in [-0.1, -0.05) is 30.3 Å². The Morgan fingerprint density at radius 1 is 1.04 bits per heavy atom. The molecule has 144 valence electrons. The number of hydrogen-bond acceptors (Lipinski definition) is 3. The second-order valence-corrected chi connectivity index (χ2v) is 6.97. The maximum atomic E-state index is 12.8. The van der Waals surface area contributed by atoms with Crippen LogP contribution in [0.5, 0.6) is 0 Å². The van der Waals surface area contributed by atoms with Gasteiger partial charge < -0.3 is 4.90 Å². The molecule has 0 saturated heterocycles. The molecule has 0 saturated carbocycles. The minimum Gasteiger partial charge on any atom is -0.337 e. The number of ketones is 1. The van der Waals surface area contributed by atoms with E-state index in [1.165, 1.54) is 0 Å². The molecule has 1 aromatic heterocycles. The fraction of sp³-hybridized carbons (Fsp3) is 0.261. The van der Waals surface area contributed by atoms with Gasteiger partial charge in [0.25, 0.3) is 5.91 Å². The number of benzene rings is 2. The summed E-state index contributed by atoms with van der Waals surface area (Å²) in [5.74, 6) is 0.00430. The zero-order valence-corrected chi connectivity index (χ0v) is 16.8. The Kier molecular flexibility index (Phi) is 5.73. The van der Waals surface area contributed by atoms with E-state index in [0.29, 0.717) is 17.7 Å². The SMILES string of the molecule is CCn1cc(CN(C)C(=O)c2ccc(-c3cccc(C(C)=O)c3)cc2)c(C)n1. The van der Waals surface area contributed by atoms with Crippen LogP contribution in [-0.2, 0) is 13.1 Å². The number of nitrogens with zero attached hydrogens (tertiary/aromatic N) is 3. The van der Waals surface area contributed by atoms with Crippen LogP contribution in [0.15, 0.2) is 54.7 Å². The average molecular weight is 375 g/mol. The van der Waals surface area contributed by atoms with Crippen molar-refractivity contribution in [2.75, 3.05) is 7.05 Å². The fourth-order valence-electron chi connectivity index (χ4n) is 3.15. The number of carbonyl (C=O) groups is 2. The molecule has 0 N–H and O–H groups in total. The third-order valence-electron chi connectivity index (χ3n) is 4.86. The Bertz CT molecular complexity index is 1000. The minimum absolute atomic E-state index is 0.0346. The smallest absolute Gasteiger partial charge is 0.253 e. The number of amides is 1. The van der Waals surface area contributed by atoms with Crippen molar-refractivity contribution in [3.63, 3.8) is 0 Å². The molecule has 0 bridgehead atoms. The molecule has 0 radical (unpaired) electrons. The van der Waals surface area contributed by atoms with E-state index in [1.807, 2.05) is 67.2 Å². The van der Waals surface area contributed by atoms with Crippen molar-refractivity contribution < 1.29 is 9.59 Å². The van der Waals surface area contributed by atoms with Gasteiger partial charge in [-0.15, -0.1) is 0 Å².